The van der Waals surface area contributed by atoms with E-state index >= 15 is 0 Å². The summed E-state index contributed by atoms with van der Waals surface area (Å²) in [6, 6.07) is 28.7. The van der Waals surface area contributed by atoms with Crippen molar-refractivity contribution in [2.45, 2.75) is 220 Å². The van der Waals surface area contributed by atoms with Crippen molar-refractivity contribution >= 4 is 17.4 Å². The van der Waals surface area contributed by atoms with Crippen LogP contribution in [0.4, 0.5) is 16.2 Å². The predicted octanol–water partition coefficient (Wildman–Crippen LogP) is 19.2. The first-order valence-electron chi connectivity index (χ1n) is 28.6. The van der Waals surface area contributed by atoms with Crippen molar-refractivity contribution in [3.05, 3.63) is 108 Å². The minimum atomic E-state index is -0.292. The van der Waals surface area contributed by atoms with Crippen LogP contribution < -0.4 is 29.6 Å². The van der Waals surface area contributed by atoms with Gasteiger partial charge in [-0.3, -0.25) is 0 Å². The van der Waals surface area contributed by atoms with Gasteiger partial charge < -0.3 is 29.6 Å². The van der Waals surface area contributed by atoms with E-state index in [2.05, 4.69) is 55.4 Å². The maximum atomic E-state index is 12.4. The third kappa shape index (κ3) is 27.9. The molecule has 7 nitrogen and oxygen atoms in total. The van der Waals surface area contributed by atoms with Crippen LogP contribution in [0.15, 0.2) is 91.0 Å². The van der Waals surface area contributed by atoms with Gasteiger partial charge in [0.15, 0.2) is 11.5 Å². The summed E-state index contributed by atoms with van der Waals surface area (Å²) in [7, 11) is 0. The molecule has 390 valence electrons. The monoisotopic (exact) mass is 971 g/mol. The molecule has 0 radical (unpaired) electrons. The first kappa shape index (κ1) is 58.5. The molecule has 4 aromatic rings. The molecule has 0 unspecified atom stereocenters. The summed E-state index contributed by atoms with van der Waals surface area (Å²) in [5.41, 5.74) is 4.16. The maximum Gasteiger partial charge on any atom is 0.323 e. The first-order valence-corrected chi connectivity index (χ1v) is 28.6. The average Bonchev–Trinajstić information content (AvgIpc) is 3.39. The predicted molar refractivity (Wildman–Crippen MR) is 301 cm³/mol. The third-order valence-electron chi connectivity index (χ3n) is 13.1. The summed E-state index contributed by atoms with van der Waals surface area (Å²) in [6.07, 6.45) is 38.6. The maximum absolute atomic E-state index is 12.4. The molecule has 4 rings (SSSR count). The SMILES string of the molecule is CCCCCCCCCCCCOc1cc(COc2ccc(C#Cc3ccc(NC(=O)Nc4ccccc4)cc3)cc2)cc(OCCCCCCCCCCCC)c1OCCCCCCCCCCCC. The number of unbranched alkanes of at least 4 members (excludes halogenated alkanes) is 27. The summed E-state index contributed by atoms with van der Waals surface area (Å²) in [4.78, 5) is 12.4. The van der Waals surface area contributed by atoms with Crippen LogP contribution in [0.25, 0.3) is 0 Å². The van der Waals surface area contributed by atoms with Gasteiger partial charge in [0.05, 0.1) is 19.8 Å². The van der Waals surface area contributed by atoms with E-state index in [1.54, 1.807) is 0 Å². The molecule has 0 aliphatic heterocycles. The van der Waals surface area contributed by atoms with Gasteiger partial charge in [0, 0.05) is 22.5 Å². The van der Waals surface area contributed by atoms with E-state index in [1.165, 1.54) is 173 Å². The Hall–Kier alpha value is -5.09. The molecule has 71 heavy (non-hydrogen) atoms. The number of benzene rings is 4. The number of hydrogen-bond acceptors (Lipinski definition) is 5. The average molecular weight is 971 g/mol. The number of urea groups is 1. The second-order valence-corrected chi connectivity index (χ2v) is 19.6. The fraction of sp³-hybridized carbons (Fsp3) is 0.578. The Kier molecular flexibility index (Phi) is 32.5. The van der Waals surface area contributed by atoms with Crippen LogP contribution in [0, 0.1) is 11.8 Å². The number of nitrogens with one attached hydrogen (secondary N) is 2. The molecular formula is C64H94N2O5. The van der Waals surface area contributed by atoms with Gasteiger partial charge in [-0.05, 0) is 97.6 Å². The lowest BCUT2D eigenvalue weighted by atomic mass is 10.1. The van der Waals surface area contributed by atoms with Gasteiger partial charge in [0.25, 0.3) is 0 Å². The zero-order chi connectivity index (χ0) is 50.1. The molecule has 2 amide bonds. The van der Waals surface area contributed by atoms with Gasteiger partial charge in [0.1, 0.15) is 12.4 Å². The highest BCUT2D eigenvalue weighted by Gasteiger charge is 2.17. The number of carbonyl (C=O) groups is 1. The highest BCUT2D eigenvalue weighted by Crippen LogP contribution is 2.40. The van der Waals surface area contributed by atoms with Crippen LogP contribution in [0.5, 0.6) is 23.0 Å². The molecule has 0 aliphatic carbocycles. The molecule has 0 aliphatic rings. The zero-order valence-electron chi connectivity index (χ0n) is 44.7. The van der Waals surface area contributed by atoms with E-state index in [0.29, 0.717) is 32.1 Å². The number of amides is 2. The van der Waals surface area contributed by atoms with Crippen molar-refractivity contribution < 1.29 is 23.7 Å². The molecule has 0 fully saturated rings. The molecule has 2 N–H and O–H groups in total. The van der Waals surface area contributed by atoms with Crippen LogP contribution in [-0.4, -0.2) is 25.9 Å². The van der Waals surface area contributed by atoms with Gasteiger partial charge in [-0.2, -0.15) is 0 Å². The Morgan fingerprint density at radius 2 is 0.746 bits per heavy atom. The molecule has 0 saturated carbocycles. The van der Waals surface area contributed by atoms with Gasteiger partial charge in [-0.15, -0.1) is 0 Å². The number of para-hydroxylation sites is 1. The summed E-state index contributed by atoms with van der Waals surface area (Å²) in [6.45, 7) is 9.19. The van der Waals surface area contributed by atoms with Crippen LogP contribution in [-0.2, 0) is 6.61 Å². The topological polar surface area (TPSA) is 78.1 Å². The first-order chi connectivity index (χ1) is 35.1. The van der Waals surface area contributed by atoms with Gasteiger partial charge in [0.2, 0.25) is 5.75 Å². The van der Waals surface area contributed by atoms with Gasteiger partial charge in [-0.25, -0.2) is 4.79 Å². The molecular weight excluding hydrogens is 877 g/mol. The lowest BCUT2D eigenvalue weighted by Crippen LogP contribution is -2.19. The van der Waals surface area contributed by atoms with Crippen LogP contribution >= 0.6 is 0 Å². The van der Waals surface area contributed by atoms with Gasteiger partial charge in [-0.1, -0.05) is 224 Å². The van der Waals surface area contributed by atoms with Crippen LogP contribution in [0.1, 0.15) is 230 Å². The highest BCUT2D eigenvalue weighted by molar-refractivity contribution is 5.99. The van der Waals surface area contributed by atoms with E-state index in [1.807, 2.05) is 78.9 Å². The van der Waals surface area contributed by atoms with Crippen LogP contribution in [0.3, 0.4) is 0 Å². The minimum absolute atomic E-state index is 0.292. The number of rotatable bonds is 41. The second-order valence-electron chi connectivity index (χ2n) is 19.6. The number of carbonyl (C=O) groups excluding carboxylic acids is 1. The van der Waals surface area contributed by atoms with E-state index in [0.717, 1.165) is 64.6 Å². The summed E-state index contributed by atoms with van der Waals surface area (Å²) >= 11 is 0. The van der Waals surface area contributed by atoms with Crippen molar-refractivity contribution in [1.82, 2.24) is 0 Å². The quantitative estimate of drug-likeness (QED) is 0.0342. The van der Waals surface area contributed by atoms with Crippen molar-refractivity contribution in [3.8, 4) is 34.8 Å². The van der Waals surface area contributed by atoms with Crippen molar-refractivity contribution in [3.63, 3.8) is 0 Å². The van der Waals surface area contributed by atoms with Crippen molar-refractivity contribution in [2.75, 3.05) is 30.5 Å². The Labute approximate surface area is 432 Å². The van der Waals surface area contributed by atoms with E-state index < -0.39 is 0 Å². The van der Waals surface area contributed by atoms with Gasteiger partial charge >= 0.3 is 6.03 Å². The number of ether oxygens (including phenoxy) is 4. The lowest BCUT2D eigenvalue weighted by Gasteiger charge is -2.19. The largest absolute Gasteiger partial charge is 0.490 e. The Balaban J connectivity index is 1.37. The fourth-order valence-electron chi connectivity index (χ4n) is 8.78. The molecule has 7 heteroatoms. The third-order valence-corrected chi connectivity index (χ3v) is 13.1. The zero-order valence-corrected chi connectivity index (χ0v) is 44.7. The van der Waals surface area contributed by atoms with E-state index in [4.69, 9.17) is 18.9 Å². The Morgan fingerprint density at radius 1 is 0.394 bits per heavy atom. The van der Waals surface area contributed by atoms with E-state index in [-0.39, 0.29) is 6.03 Å². The highest BCUT2D eigenvalue weighted by atomic mass is 16.5. The lowest BCUT2D eigenvalue weighted by molar-refractivity contribution is 0.232. The van der Waals surface area contributed by atoms with Crippen molar-refractivity contribution in [1.29, 1.82) is 0 Å². The van der Waals surface area contributed by atoms with Crippen molar-refractivity contribution in [2.24, 2.45) is 0 Å². The molecule has 0 heterocycles. The molecule has 0 aromatic heterocycles. The number of hydrogen-bond donors (Lipinski definition) is 2. The smallest absolute Gasteiger partial charge is 0.323 e. The molecule has 0 bridgehead atoms. The molecule has 0 spiro atoms. The summed E-state index contributed by atoms with van der Waals surface area (Å²) < 4.78 is 26.3. The molecule has 4 aromatic carbocycles. The molecule has 0 saturated heterocycles. The van der Waals surface area contributed by atoms with E-state index in [9.17, 15) is 4.79 Å². The minimum Gasteiger partial charge on any atom is -0.490 e. The summed E-state index contributed by atoms with van der Waals surface area (Å²) in [5.74, 6) is 9.53. The van der Waals surface area contributed by atoms with Crippen LogP contribution in [0.2, 0.25) is 0 Å². The summed E-state index contributed by atoms with van der Waals surface area (Å²) in [5, 5.41) is 5.71. The fourth-order valence-corrected chi connectivity index (χ4v) is 8.78. The Morgan fingerprint density at radius 3 is 1.15 bits per heavy atom. The second kappa shape index (κ2) is 39.5. The normalized spacial score (nSPS) is 10.9. The molecule has 0 atom stereocenters. The Bertz CT molecular complexity index is 1940. The standard InChI is InChI=1S/C64H94N2O5/c1-4-7-10-13-16-19-22-25-28-34-49-68-61-52-57(54-71-60-47-43-56(44-48-60)40-39-55-41-45-59(46-42-55)66-64(67)65-58-37-32-31-33-38-58)53-62(69-50-35-29-26-23-20-17-14-11-8-5-2)63(61)70-51-36-30-27-24-21-18-15-12-9-6-3/h31-33,37-38,41-48,52-53H,4-30,34-36,49-51,54H2,1-3H3,(H2,65,66,67). The number of anilines is 2.